The van der Waals surface area contributed by atoms with Crippen LogP contribution in [0.2, 0.25) is 0 Å². The SMILES string of the molecule is CC(=O)c1ccc[n+](CC(N)=O)c1.[Cl-]. The molecular formula is C9H11ClN2O2. The first-order valence-electron chi connectivity index (χ1n) is 3.88. The van der Waals surface area contributed by atoms with Crippen molar-refractivity contribution < 1.29 is 26.6 Å². The van der Waals surface area contributed by atoms with Crippen molar-refractivity contribution in [2.24, 2.45) is 5.73 Å². The standard InChI is InChI=1S/C9H10N2O2.ClH/c1-7(12)8-3-2-4-11(5-8)6-9(10)13;/h2-5H,6H2,1H3,(H-,10,13);1H. The molecule has 0 unspecified atom stereocenters. The summed E-state index contributed by atoms with van der Waals surface area (Å²) in [6.45, 7) is 1.57. The predicted octanol–water partition coefficient (Wildman–Crippen LogP) is -3.33. The Kier molecular flexibility index (Phi) is 4.80. The van der Waals surface area contributed by atoms with E-state index < -0.39 is 5.91 Å². The van der Waals surface area contributed by atoms with Crippen LogP contribution < -0.4 is 22.7 Å². The molecule has 1 aromatic heterocycles. The number of nitrogens with two attached hydrogens (primary N) is 1. The zero-order valence-corrected chi connectivity index (χ0v) is 8.49. The monoisotopic (exact) mass is 214 g/mol. The summed E-state index contributed by atoms with van der Waals surface area (Å²) in [5.74, 6) is -0.454. The third-order valence-corrected chi connectivity index (χ3v) is 1.60. The molecule has 2 N–H and O–H groups in total. The number of primary amides is 1. The van der Waals surface area contributed by atoms with Gasteiger partial charge in [-0.1, -0.05) is 0 Å². The Bertz CT molecular complexity index is 352. The molecule has 14 heavy (non-hydrogen) atoms. The first-order valence-corrected chi connectivity index (χ1v) is 3.88. The Hall–Kier alpha value is -1.42. The molecule has 0 saturated heterocycles. The van der Waals surface area contributed by atoms with Gasteiger partial charge in [0, 0.05) is 6.07 Å². The van der Waals surface area contributed by atoms with Crippen molar-refractivity contribution >= 4 is 11.7 Å². The van der Waals surface area contributed by atoms with E-state index in [0.29, 0.717) is 5.56 Å². The maximum Gasteiger partial charge on any atom is 0.283 e. The summed E-state index contributed by atoms with van der Waals surface area (Å²) in [6.07, 6.45) is 3.30. The highest BCUT2D eigenvalue weighted by atomic mass is 35.5. The van der Waals surface area contributed by atoms with Gasteiger partial charge in [-0.05, 0) is 13.0 Å². The minimum atomic E-state index is -0.425. The molecule has 1 amide bonds. The second kappa shape index (κ2) is 5.34. The van der Waals surface area contributed by atoms with Gasteiger partial charge >= 0.3 is 0 Å². The van der Waals surface area contributed by atoms with Gasteiger partial charge in [-0.25, -0.2) is 0 Å². The first-order chi connectivity index (χ1) is 6.09. The Labute approximate surface area is 88.1 Å². The van der Waals surface area contributed by atoms with Crippen LogP contribution in [0.15, 0.2) is 24.5 Å². The highest BCUT2D eigenvalue weighted by molar-refractivity contribution is 5.93. The van der Waals surface area contributed by atoms with Gasteiger partial charge in [0.15, 0.2) is 18.2 Å². The number of pyridine rings is 1. The fourth-order valence-electron chi connectivity index (χ4n) is 1.01. The van der Waals surface area contributed by atoms with E-state index in [0.717, 1.165) is 0 Å². The lowest BCUT2D eigenvalue weighted by Gasteiger charge is -1.94. The van der Waals surface area contributed by atoms with Crippen LogP contribution in [0.4, 0.5) is 0 Å². The number of halogens is 1. The first kappa shape index (κ1) is 12.6. The fraction of sp³-hybridized carbons (Fsp3) is 0.222. The van der Waals surface area contributed by atoms with Gasteiger partial charge in [0.25, 0.3) is 5.91 Å². The molecule has 0 aliphatic heterocycles. The van der Waals surface area contributed by atoms with E-state index in [-0.39, 0.29) is 24.7 Å². The van der Waals surface area contributed by atoms with Crippen molar-refractivity contribution in [3.63, 3.8) is 0 Å². The lowest BCUT2D eigenvalue weighted by Crippen LogP contribution is -3.00. The number of aromatic nitrogens is 1. The van der Waals surface area contributed by atoms with Crippen LogP contribution in [0, 0.1) is 0 Å². The molecule has 76 valence electrons. The van der Waals surface area contributed by atoms with Crippen molar-refractivity contribution in [2.75, 3.05) is 0 Å². The minimum absolute atomic E-state index is 0. The molecule has 1 heterocycles. The molecule has 0 atom stereocenters. The summed E-state index contributed by atoms with van der Waals surface area (Å²) in [4.78, 5) is 21.5. The number of amides is 1. The molecule has 0 saturated carbocycles. The third-order valence-electron chi connectivity index (χ3n) is 1.60. The van der Waals surface area contributed by atoms with Gasteiger partial charge in [-0.15, -0.1) is 0 Å². The van der Waals surface area contributed by atoms with E-state index >= 15 is 0 Å². The summed E-state index contributed by atoms with van der Waals surface area (Å²) < 4.78 is 1.58. The van der Waals surface area contributed by atoms with Crippen LogP contribution in [-0.2, 0) is 11.3 Å². The van der Waals surface area contributed by atoms with E-state index in [2.05, 4.69) is 0 Å². The van der Waals surface area contributed by atoms with Crippen LogP contribution in [0.5, 0.6) is 0 Å². The average Bonchev–Trinajstić information content (AvgIpc) is 2.03. The Morgan fingerprint density at radius 1 is 1.50 bits per heavy atom. The quantitative estimate of drug-likeness (QED) is 0.423. The smallest absolute Gasteiger partial charge is 0.283 e. The van der Waals surface area contributed by atoms with Crippen molar-refractivity contribution in [3.8, 4) is 0 Å². The van der Waals surface area contributed by atoms with Gasteiger partial charge in [0.2, 0.25) is 6.54 Å². The number of carbonyl (C=O) groups excluding carboxylic acids is 2. The lowest BCUT2D eigenvalue weighted by atomic mass is 10.2. The number of ketones is 1. The van der Waals surface area contributed by atoms with Crippen molar-refractivity contribution in [2.45, 2.75) is 13.5 Å². The molecule has 4 nitrogen and oxygen atoms in total. The van der Waals surface area contributed by atoms with Crippen LogP contribution in [0.25, 0.3) is 0 Å². The van der Waals surface area contributed by atoms with Crippen molar-refractivity contribution in [3.05, 3.63) is 30.1 Å². The van der Waals surface area contributed by atoms with E-state index in [1.54, 1.807) is 29.1 Å². The number of nitrogens with zero attached hydrogens (tertiary/aromatic N) is 1. The van der Waals surface area contributed by atoms with Gasteiger partial charge in [-0.2, -0.15) is 4.57 Å². The molecule has 0 aromatic carbocycles. The molecule has 1 rings (SSSR count). The Balaban J connectivity index is 0.00000169. The van der Waals surface area contributed by atoms with Crippen LogP contribution in [0.3, 0.4) is 0 Å². The lowest BCUT2D eigenvalue weighted by molar-refractivity contribution is -0.684. The van der Waals surface area contributed by atoms with Crippen LogP contribution in [0.1, 0.15) is 17.3 Å². The van der Waals surface area contributed by atoms with Gasteiger partial charge in [0.1, 0.15) is 0 Å². The van der Waals surface area contributed by atoms with E-state index in [9.17, 15) is 9.59 Å². The van der Waals surface area contributed by atoms with Gasteiger partial charge in [0.05, 0.1) is 5.56 Å². The number of rotatable bonds is 3. The summed E-state index contributed by atoms with van der Waals surface area (Å²) in [5.41, 5.74) is 5.58. The fourth-order valence-corrected chi connectivity index (χ4v) is 1.01. The summed E-state index contributed by atoms with van der Waals surface area (Å²) >= 11 is 0. The highest BCUT2D eigenvalue weighted by Crippen LogP contribution is 1.94. The number of carbonyl (C=O) groups is 2. The zero-order valence-electron chi connectivity index (χ0n) is 7.74. The minimum Gasteiger partial charge on any atom is -1.00 e. The van der Waals surface area contributed by atoms with Gasteiger partial charge < -0.3 is 18.1 Å². The van der Waals surface area contributed by atoms with Gasteiger partial charge in [-0.3, -0.25) is 9.59 Å². The normalized spacial score (nSPS) is 8.93. The molecular weight excluding hydrogens is 204 g/mol. The molecule has 0 fully saturated rings. The maximum atomic E-state index is 11.0. The molecule has 0 radical (unpaired) electrons. The second-order valence-electron chi connectivity index (χ2n) is 2.79. The van der Waals surface area contributed by atoms with E-state index in [4.69, 9.17) is 5.73 Å². The Morgan fingerprint density at radius 3 is 2.64 bits per heavy atom. The predicted molar refractivity (Wildman–Crippen MR) is 45.8 cm³/mol. The number of hydrogen-bond donors (Lipinski definition) is 1. The highest BCUT2D eigenvalue weighted by Gasteiger charge is 2.08. The Morgan fingerprint density at radius 2 is 2.14 bits per heavy atom. The molecule has 0 aliphatic carbocycles. The number of hydrogen-bond acceptors (Lipinski definition) is 2. The van der Waals surface area contributed by atoms with Crippen molar-refractivity contribution in [1.82, 2.24) is 0 Å². The van der Waals surface area contributed by atoms with Crippen molar-refractivity contribution in [1.29, 1.82) is 0 Å². The van der Waals surface area contributed by atoms with Crippen LogP contribution in [-0.4, -0.2) is 11.7 Å². The largest absolute Gasteiger partial charge is 1.00 e. The molecule has 5 heteroatoms. The zero-order chi connectivity index (χ0) is 9.84. The average molecular weight is 215 g/mol. The summed E-state index contributed by atoms with van der Waals surface area (Å²) in [7, 11) is 0. The van der Waals surface area contributed by atoms with Crippen LogP contribution >= 0.6 is 0 Å². The number of Topliss-reactive ketones (excluding diaryl/α,β-unsaturated/α-hetero) is 1. The second-order valence-corrected chi connectivity index (χ2v) is 2.79. The summed E-state index contributed by atoms with van der Waals surface area (Å²) in [6, 6.07) is 3.40. The van der Waals surface area contributed by atoms with E-state index in [1.807, 2.05) is 0 Å². The molecule has 0 bridgehead atoms. The topological polar surface area (TPSA) is 64.0 Å². The third kappa shape index (κ3) is 3.53. The maximum absolute atomic E-state index is 11.0. The van der Waals surface area contributed by atoms with E-state index in [1.165, 1.54) is 6.92 Å². The summed E-state index contributed by atoms with van der Waals surface area (Å²) in [5, 5.41) is 0. The molecule has 0 aliphatic rings. The molecule has 0 spiro atoms. The molecule has 1 aromatic rings.